The summed E-state index contributed by atoms with van der Waals surface area (Å²) in [6, 6.07) is 5.66. The number of nitrogens with one attached hydrogen (secondary N) is 1. The van der Waals surface area contributed by atoms with E-state index in [0.29, 0.717) is 29.6 Å². The van der Waals surface area contributed by atoms with Gasteiger partial charge in [-0.3, -0.25) is 9.59 Å². The van der Waals surface area contributed by atoms with Crippen molar-refractivity contribution in [3.63, 3.8) is 0 Å². The van der Waals surface area contributed by atoms with Gasteiger partial charge >= 0.3 is 0 Å². The van der Waals surface area contributed by atoms with E-state index in [9.17, 15) is 9.59 Å². The Hall–Kier alpha value is -3.20. The summed E-state index contributed by atoms with van der Waals surface area (Å²) in [5, 5.41) is 3.21. The predicted octanol–water partition coefficient (Wildman–Crippen LogP) is 2.25. The van der Waals surface area contributed by atoms with Gasteiger partial charge in [-0.2, -0.15) is 4.98 Å². The minimum atomic E-state index is -0.633. The van der Waals surface area contributed by atoms with Gasteiger partial charge in [-0.15, -0.1) is 0 Å². The van der Waals surface area contributed by atoms with Gasteiger partial charge in [0, 0.05) is 50.7 Å². The number of carbonyl (C=O) groups is 2. The summed E-state index contributed by atoms with van der Waals surface area (Å²) in [5.41, 5.74) is 13.8. The van der Waals surface area contributed by atoms with Gasteiger partial charge in [-0.05, 0) is 42.0 Å². The summed E-state index contributed by atoms with van der Waals surface area (Å²) in [6.07, 6.45) is 3.35. The number of piperidine rings is 1. The minimum Gasteiger partial charge on any atom is -0.365 e. The van der Waals surface area contributed by atoms with Crippen LogP contribution in [0.3, 0.4) is 0 Å². The van der Waals surface area contributed by atoms with Crippen molar-refractivity contribution in [1.82, 2.24) is 14.9 Å². The fourth-order valence-corrected chi connectivity index (χ4v) is 3.64. The van der Waals surface area contributed by atoms with Crippen LogP contribution in [0.1, 0.15) is 59.9 Å². The molecule has 2 amide bonds. The molecule has 1 fully saturated rings. The molecule has 32 heavy (non-hydrogen) atoms. The van der Waals surface area contributed by atoms with E-state index >= 15 is 0 Å². The normalized spacial score (nSPS) is 16.6. The third kappa shape index (κ3) is 5.34. The zero-order valence-corrected chi connectivity index (χ0v) is 19.5. The highest BCUT2D eigenvalue weighted by atomic mass is 16.2. The molecule has 172 valence electrons. The smallest absolute Gasteiger partial charge is 0.254 e. The molecule has 3 rings (SSSR count). The van der Waals surface area contributed by atoms with Crippen LogP contribution in [0.5, 0.6) is 0 Å². The Morgan fingerprint density at radius 1 is 1.22 bits per heavy atom. The maximum Gasteiger partial charge on any atom is 0.254 e. The number of anilines is 3. The first kappa shape index (κ1) is 23.5. The van der Waals surface area contributed by atoms with Gasteiger partial charge in [0.15, 0.2) is 0 Å². The van der Waals surface area contributed by atoms with Gasteiger partial charge in [0.25, 0.3) is 11.8 Å². The molecular formula is C23H33N7O2. The van der Waals surface area contributed by atoms with Crippen molar-refractivity contribution in [3.05, 3.63) is 41.1 Å². The summed E-state index contributed by atoms with van der Waals surface area (Å²) < 4.78 is 0. The van der Waals surface area contributed by atoms with Crippen molar-refractivity contribution in [2.45, 2.75) is 45.1 Å². The van der Waals surface area contributed by atoms with Crippen LogP contribution < -0.4 is 21.7 Å². The number of amides is 2. The Balaban J connectivity index is 2.04. The first-order valence-electron chi connectivity index (χ1n) is 10.8. The maximum absolute atomic E-state index is 12.7. The maximum atomic E-state index is 12.7. The Labute approximate surface area is 189 Å². The lowest BCUT2D eigenvalue weighted by molar-refractivity contribution is 0.0827. The predicted molar refractivity (Wildman–Crippen MR) is 126 cm³/mol. The van der Waals surface area contributed by atoms with Crippen molar-refractivity contribution in [1.29, 1.82) is 0 Å². The lowest BCUT2D eigenvalue weighted by Crippen LogP contribution is -2.43. The standard InChI is InChI=1S/C23H33N7O2/c1-23(2,3)15-9-14(21(32)29(4)5)10-17(11-15)27-20-18(19(25)31)12-26-22(28-20)30-8-6-7-16(24)13-30/h9-12,16H,6-8,13,24H2,1-5H3,(H2,25,31)(H,26,27,28). The molecule has 1 saturated heterocycles. The van der Waals surface area contributed by atoms with E-state index in [0.717, 1.165) is 24.9 Å². The Morgan fingerprint density at radius 3 is 2.53 bits per heavy atom. The number of hydrogen-bond donors (Lipinski definition) is 3. The number of benzene rings is 1. The summed E-state index contributed by atoms with van der Waals surface area (Å²) in [5.74, 6) is 0.0473. The van der Waals surface area contributed by atoms with E-state index in [1.165, 1.54) is 11.1 Å². The number of nitrogens with zero attached hydrogens (tertiary/aromatic N) is 4. The zero-order chi connectivity index (χ0) is 23.6. The Morgan fingerprint density at radius 2 is 1.94 bits per heavy atom. The Bertz CT molecular complexity index is 1010. The van der Waals surface area contributed by atoms with E-state index < -0.39 is 5.91 Å². The zero-order valence-electron chi connectivity index (χ0n) is 19.5. The largest absolute Gasteiger partial charge is 0.365 e. The average Bonchev–Trinajstić information content (AvgIpc) is 2.72. The van der Waals surface area contributed by atoms with Gasteiger partial charge in [0.2, 0.25) is 5.95 Å². The average molecular weight is 440 g/mol. The van der Waals surface area contributed by atoms with Gasteiger partial charge < -0.3 is 26.6 Å². The molecule has 1 unspecified atom stereocenters. The van der Waals surface area contributed by atoms with E-state index in [1.54, 1.807) is 20.2 Å². The van der Waals surface area contributed by atoms with Gasteiger partial charge in [-0.25, -0.2) is 4.98 Å². The van der Waals surface area contributed by atoms with E-state index in [2.05, 4.69) is 36.1 Å². The molecule has 2 aromatic rings. The molecule has 1 aliphatic heterocycles. The molecule has 1 aliphatic rings. The van der Waals surface area contributed by atoms with Crippen LogP contribution in [0.2, 0.25) is 0 Å². The fraction of sp³-hybridized carbons (Fsp3) is 0.478. The molecule has 1 atom stereocenters. The third-order valence-electron chi connectivity index (χ3n) is 5.50. The van der Waals surface area contributed by atoms with Crippen molar-refractivity contribution < 1.29 is 9.59 Å². The van der Waals surface area contributed by atoms with Crippen molar-refractivity contribution in [2.75, 3.05) is 37.4 Å². The fourth-order valence-electron chi connectivity index (χ4n) is 3.64. The highest BCUT2D eigenvalue weighted by Gasteiger charge is 2.23. The van der Waals surface area contributed by atoms with Crippen LogP contribution in [-0.2, 0) is 5.41 Å². The first-order chi connectivity index (χ1) is 15.0. The second kappa shape index (κ2) is 9.12. The topological polar surface area (TPSA) is 130 Å². The lowest BCUT2D eigenvalue weighted by atomic mass is 9.85. The summed E-state index contributed by atoms with van der Waals surface area (Å²) in [7, 11) is 3.43. The molecule has 1 aromatic carbocycles. The quantitative estimate of drug-likeness (QED) is 0.651. The van der Waals surface area contributed by atoms with Gasteiger partial charge in [0.05, 0.1) is 0 Å². The first-order valence-corrected chi connectivity index (χ1v) is 10.8. The highest BCUT2D eigenvalue weighted by molar-refractivity contribution is 5.99. The number of nitrogens with two attached hydrogens (primary N) is 2. The monoisotopic (exact) mass is 439 g/mol. The molecule has 9 nitrogen and oxygen atoms in total. The molecule has 0 radical (unpaired) electrons. The molecular weight excluding hydrogens is 406 g/mol. The molecule has 9 heteroatoms. The Kier molecular flexibility index (Phi) is 6.68. The van der Waals surface area contributed by atoms with Crippen LogP contribution in [0.25, 0.3) is 0 Å². The van der Waals surface area contributed by atoms with Crippen LogP contribution in [0.4, 0.5) is 17.5 Å². The van der Waals surface area contributed by atoms with Crippen molar-refractivity contribution in [2.24, 2.45) is 11.5 Å². The molecule has 5 N–H and O–H groups in total. The molecule has 0 spiro atoms. The number of rotatable bonds is 5. The molecule has 0 bridgehead atoms. The number of carbonyl (C=O) groups excluding carboxylic acids is 2. The van der Waals surface area contributed by atoms with Gasteiger partial charge in [0.1, 0.15) is 11.4 Å². The van der Waals surface area contributed by atoms with Crippen LogP contribution in [0, 0.1) is 0 Å². The van der Waals surface area contributed by atoms with E-state index in [-0.39, 0.29) is 22.9 Å². The SMILES string of the molecule is CN(C)C(=O)c1cc(Nc2nc(N3CCCC(N)C3)ncc2C(N)=O)cc(C(C)(C)C)c1. The summed E-state index contributed by atoms with van der Waals surface area (Å²) in [6.45, 7) is 7.67. The molecule has 0 aliphatic carbocycles. The molecule has 0 saturated carbocycles. The molecule has 2 heterocycles. The summed E-state index contributed by atoms with van der Waals surface area (Å²) in [4.78, 5) is 37.2. The van der Waals surface area contributed by atoms with Crippen LogP contribution in [0.15, 0.2) is 24.4 Å². The minimum absolute atomic E-state index is 0.0580. The second-order valence-corrected chi connectivity index (χ2v) is 9.52. The van der Waals surface area contributed by atoms with E-state index in [1.807, 2.05) is 17.0 Å². The third-order valence-corrected chi connectivity index (χ3v) is 5.50. The summed E-state index contributed by atoms with van der Waals surface area (Å²) >= 11 is 0. The lowest BCUT2D eigenvalue weighted by Gasteiger charge is -2.31. The highest BCUT2D eigenvalue weighted by Crippen LogP contribution is 2.29. The number of hydrogen-bond acceptors (Lipinski definition) is 7. The second-order valence-electron chi connectivity index (χ2n) is 9.52. The van der Waals surface area contributed by atoms with Crippen molar-refractivity contribution in [3.8, 4) is 0 Å². The van der Waals surface area contributed by atoms with Crippen molar-refractivity contribution >= 4 is 29.3 Å². The number of aromatic nitrogens is 2. The number of primary amides is 1. The van der Waals surface area contributed by atoms with Crippen LogP contribution >= 0.6 is 0 Å². The van der Waals surface area contributed by atoms with E-state index in [4.69, 9.17) is 11.5 Å². The van der Waals surface area contributed by atoms with Gasteiger partial charge in [-0.1, -0.05) is 20.8 Å². The molecule has 1 aromatic heterocycles. The van der Waals surface area contributed by atoms with Crippen LogP contribution in [-0.4, -0.2) is 59.9 Å².